The smallest absolute Gasteiger partial charge is 0.310 e. The van der Waals surface area contributed by atoms with Crippen molar-refractivity contribution in [3.63, 3.8) is 0 Å². The Balaban J connectivity index is 2.38. The SMILES string of the molecule is CC(OCc1ccccc1)C(=O)NCC(C)(C)C(=O)O. The highest BCUT2D eigenvalue weighted by Crippen LogP contribution is 2.13. The molecule has 1 amide bonds. The molecule has 0 aliphatic carbocycles. The van der Waals surface area contributed by atoms with Crippen molar-refractivity contribution >= 4 is 11.9 Å². The quantitative estimate of drug-likeness (QED) is 0.798. The monoisotopic (exact) mass is 279 g/mol. The third-order valence-electron chi connectivity index (χ3n) is 3.00. The lowest BCUT2D eigenvalue weighted by atomic mass is 9.94. The summed E-state index contributed by atoms with van der Waals surface area (Å²) in [6, 6.07) is 9.54. The van der Waals surface area contributed by atoms with E-state index in [0.29, 0.717) is 6.61 Å². The van der Waals surface area contributed by atoms with Gasteiger partial charge in [-0.2, -0.15) is 0 Å². The molecule has 0 aromatic heterocycles. The van der Waals surface area contributed by atoms with Crippen LogP contribution in [-0.2, 0) is 20.9 Å². The first-order valence-corrected chi connectivity index (χ1v) is 6.49. The van der Waals surface area contributed by atoms with Crippen LogP contribution in [0.3, 0.4) is 0 Å². The first-order valence-electron chi connectivity index (χ1n) is 6.49. The minimum Gasteiger partial charge on any atom is -0.481 e. The highest BCUT2D eigenvalue weighted by molar-refractivity contribution is 5.81. The molecular weight excluding hydrogens is 258 g/mol. The number of benzene rings is 1. The summed E-state index contributed by atoms with van der Waals surface area (Å²) in [5.74, 6) is -1.26. The number of nitrogens with one attached hydrogen (secondary N) is 1. The molecular formula is C15H21NO4. The molecule has 0 radical (unpaired) electrons. The third kappa shape index (κ3) is 5.01. The predicted molar refractivity (Wildman–Crippen MR) is 75.1 cm³/mol. The Bertz CT molecular complexity index is 456. The van der Waals surface area contributed by atoms with Gasteiger partial charge in [0, 0.05) is 6.54 Å². The minimum absolute atomic E-state index is 0.0696. The van der Waals surface area contributed by atoms with Crippen LogP contribution < -0.4 is 5.32 Å². The summed E-state index contributed by atoms with van der Waals surface area (Å²) in [5, 5.41) is 11.6. The number of aliphatic carboxylic acids is 1. The van der Waals surface area contributed by atoms with Crippen molar-refractivity contribution in [2.24, 2.45) is 5.41 Å². The summed E-state index contributed by atoms with van der Waals surface area (Å²) in [6.07, 6.45) is -0.625. The molecule has 0 aliphatic rings. The first kappa shape index (κ1) is 16.2. The Kier molecular flexibility index (Phi) is 5.70. The molecule has 0 saturated carbocycles. The van der Waals surface area contributed by atoms with E-state index in [4.69, 9.17) is 9.84 Å². The van der Waals surface area contributed by atoms with Gasteiger partial charge in [-0.3, -0.25) is 9.59 Å². The van der Waals surface area contributed by atoms with E-state index >= 15 is 0 Å². The minimum atomic E-state index is -0.991. The number of carbonyl (C=O) groups is 2. The van der Waals surface area contributed by atoms with E-state index in [0.717, 1.165) is 5.56 Å². The normalized spacial score (nSPS) is 12.8. The maximum absolute atomic E-state index is 11.8. The lowest BCUT2D eigenvalue weighted by Gasteiger charge is -2.21. The molecule has 0 aliphatic heterocycles. The molecule has 0 spiro atoms. The Morgan fingerprint density at radius 1 is 1.30 bits per heavy atom. The van der Waals surface area contributed by atoms with Crippen LogP contribution in [0.5, 0.6) is 0 Å². The number of hydrogen-bond donors (Lipinski definition) is 2. The van der Waals surface area contributed by atoms with Crippen LogP contribution in [-0.4, -0.2) is 29.6 Å². The largest absolute Gasteiger partial charge is 0.481 e. The van der Waals surface area contributed by atoms with E-state index in [-0.39, 0.29) is 12.5 Å². The van der Waals surface area contributed by atoms with E-state index in [1.54, 1.807) is 20.8 Å². The van der Waals surface area contributed by atoms with Gasteiger partial charge in [-0.25, -0.2) is 0 Å². The topological polar surface area (TPSA) is 75.6 Å². The summed E-state index contributed by atoms with van der Waals surface area (Å²) < 4.78 is 5.46. The van der Waals surface area contributed by atoms with Crippen LogP contribution in [0, 0.1) is 5.41 Å². The summed E-state index contributed by atoms with van der Waals surface area (Å²) in [6.45, 7) is 5.18. The molecule has 1 unspecified atom stereocenters. The standard InChI is InChI=1S/C15H21NO4/c1-11(20-9-12-7-5-4-6-8-12)13(17)16-10-15(2,3)14(18)19/h4-8,11H,9-10H2,1-3H3,(H,16,17)(H,18,19). The molecule has 1 atom stereocenters. The van der Waals surface area contributed by atoms with Gasteiger partial charge in [-0.05, 0) is 26.3 Å². The van der Waals surface area contributed by atoms with Gasteiger partial charge in [0.15, 0.2) is 0 Å². The van der Waals surface area contributed by atoms with Crippen LogP contribution in [0.2, 0.25) is 0 Å². The molecule has 1 aromatic rings. The predicted octanol–water partition coefficient (Wildman–Crippen LogP) is 1.82. The van der Waals surface area contributed by atoms with Gasteiger partial charge in [0.1, 0.15) is 6.10 Å². The fraction of sp³-hybridized carbons (Fsp3) is 0.467. The number of hydrogen-bond acceptors (Lipinski definition) is 3. The van der Waals surface area contributed by atoms with E-state index in [2.05, 4.69) is 5.32 Å². The summed E-state index contributed by atoms with van der Waals surface area (Å²) in [7, 11) is 0. The average molecular weight is 279 g/mol. The average Bonchev–Trinajstić information content (AvgIpc) is 2.43. The van der Waals surface area contributed by atoms with Crippen LogP contribution in [0.25, 0.3) is 0 Å². The van der Waals surface area contributed by atoms with E-state index in [1.807, 2.05) is 30.3 Å². The van der Waals surface area contributed by atoms with E-state index in [1.165, 1.54) is 0 Å². The number of rotatable bonds is 7. The number of ether oxygens (including phenoxy) is 1. The zero-order chi connectivity index (χ0) is 15.2. The lowest BCUT2D eigenvalue weighted by molar-refractivity contribution is -0.147. The lowest BCUT2D eigenvalue weighted by Crippen LogP contribution is -2.42. The molecule has 20 heavy (non-hydrogen) atoms. The van der Waals surface area contributed by atoms with Gasteiger partial charge in [0.05, 0.1) is 12.0 Å². The Hall–Kier alpha value is -1.88. The van der Waals surface area contributed by atoms with Crippen molar-refractivity contribution in [2.45, 2.75) is 33.5 Å². The maximum atomic E-state index is 11.8. The van der Waals surface area contributed by atoms with Crippen molar-refractivity contribution in [2.75, 3.05) is 6.54 Å². The van der Waals surface area contributed by atoms with Crippen molar-refractivity contribution in [1.29, 1.82) is 0 Å². The van der Waals surface area contributed by atoms with Gasteiger partial charge < -0.3 is 15.2 Å². The molecule has 5 nitrogen and oxygen atoms in total. The van der Waals surface area contributed by atoms with Crippen LogP contribution >= 0.6 is 0 Å². The van der Waals surface area contributed by atoms with Crippen molar-refractivity contribution in [3.05, 3.63) is 35.9 Å². The fourth-order valence-corrected chi connectivity index (χ4v) is 1.40. The highest BCUT2D eigenvalue weighted by atomic mass is 16.5. The molecule has 1 aromatic carbocycles. The molecule has 0 fully saturated rings. The van der Waals surface area contributed by atoms with Gasteiger partial charge in [-0.1, -0.05) is 30.3 Å². The number of amides is 1. The highest BCUT2D eigenvalue weighted by Gasteiger charge is 2.28. The van der Waals surface area contributed by atoms with Crippen molar-refractivity contribution in [3.8, 4) is 0 Å². The second kappa shape index (κ2) is 7.05. The van der Waals surface area contributed by atoms with Crippen LogP contribution in [0.15, 0.2) is 30.3 Å². The second-order valence-corrected chi connectivity index (χ2v) is 5.35. The molecule has 110 valence electrons. The maximum Gasteiger partial charge on any atom is 0.310 e. The second-order valence-electron chi connectivity index (χ2n) is 5.35. The molecule has 2 N–H and O–H groups in total. The Morgan fingerprint density at radius 3 is 2.45 bits per heavy atom. The van der Waals surface area contributed by atoms with Gasteiger partial charge in [-0.15, -0.1) is 0 Å². The number of carbonyl (C=O) groups excluding carboxylic acids is 1. The summed E-state index contributed by atoms with van der Waals surface area (Å²) in [4.78, 5) is 22.7. The Labute approximate surface area is 118 Å². The van der Waals surface area contributed by atoms with E-state index in [9.17, 15) is 9.59 Å². The first-order chi connectivity index (χ1) is 9.33. The van der Waals surface area contributed by atoms with Crippen molar-refractivity contribution in [1.82, 2.24) is 5.32 Å². The van der Waals surface area contributed by atoms with Gasteiger partial charge >= 0.3 is 5.97 Å². The van der Waals surface area contributed by atoms with E-state index < -0.39 is 17.5 Å². The fourth-order valence-electron chi connectivity index (χ4n) is 1.40. The van der Waals surface area contributed by atoms with Crippen molar-refractivity contribution < 1.29 is 19.4 Å². The third-order valence-corrected chi connectivity index (χ3v) is 3.00. The summed E-state index contributed by atoms with van der Waals surface area (Å²) >= 11 is 0. The number of carboxylic acid groups (broad SMARTS) is 1. The Morgan fingerprint density at radius 2 is 1.90 bits per heavy atom. The molecule has 0 heterocycles. The molecule has 0 bridgehead atoms. The number of carboxylic acids is 1. The van der Waals surface area contributed by atoms with Crippen LogP contribution in [0.4, 0.5) is 0 Å². The van der Waals surface area contributed by atoms with Gasteiger partial charge in [0.25, 0.3) is 0 Å². The molecule has 1 rings (SSSR count). The zero-order valence-electron chi connectivity index (χ0n) is 12.1. The summed E-state index contributed by atoms with van der Waals surface area (Å²) in [5.41, 5.74) is -0.00699. The molecule has 0 saturated heterocycles. The van der Waals surface area contributed by atoms with Crippen LogP contribution in [0.1, 0.15) is 26.3 Å². The molecule has 5 heteroatoms. The van der Waals surface area contributed by atoms with Gasteiger partial charge in [0.2, 0.25) is 5.91 Å². The zero-order valence-corrected chi connectivity index (χ0v) is 12.1.